The fourth-order valence-corrected chi connectivity index (χ4v) is 2.70. The molecule has 2 rings (SSSR count). The molecule has 0 fully saturated rings. The van der Waals surface area contributed by atoms with Crippen LogP contribution >= 0.6 is 15.9 Å². The van der Waals surface area contributed by atoms with Crippen LogP contribution in [0.5, 0.6) is 0 Å². The highest BCUT2D eigenvalue weighted by Gasteiger charge is 2.03. The number of benzene rings is 1. The van der Waals surface area contributed by atoms with Crippen LogP contribution in [-0.4, -0.2) is 4.98 Å². The maximum Gasteiger partial charge on any atom is 0.0573 e. The van der Waals surface area contributed by atoms with Crippen molar-refractivity contribution in [3.63, 3.8) is 0 Å². The average Bonchev–Trinajstić information content (AvgIpc) is 2.42. The molecule has 0 spiro atoms. The lowest BCUT2D eigenvalue weighted by atomic mass is 10.1. The second kappa shape index (κ2) is 6.83. The minimum Gasteiger partial charge on any atom is -0.307 e. The zero-order valence-corrected chi connectivity index (χ0v) is 13.0. The Bertz CT molecular complexity index is 552. The predicted molar refractivity (Wildman–Crippen MR) is 83.0 cm³/mol. The van der Waals surface area contributed by atoms with Gasteiger partial charge in [0.2, 0.25) is 0 Å². The van der Waals surface area contributed by atoms with Crippen LogP contribution in [0.4, 0.5) is 0 Å². The first-order valence-corrected chi connectivity index (χ1v) is 7.38. The first-order chi connectivity index (χ1) is 9.20. The minimum absolute atomic E-state index is 0.810. The third-order valence-electron chi connectivity index (χ3n) is 3.18. The van der Waals surface area contributed by atoms with Gasteiger partial charge in [-0.25, -0.2) is 0 Å². The minimum atomic E-state index is 0.810. The molecule has 0 unspecified atom stereocenters. The van der Waals surface area contributed by atoms with Gasteiger partial charge in [0.25, 0.3) is 0 Å². The van der Waals surface area contributed by atoms with Gasteiger partial charge in [0.05, 0.1) is 5.69 Å². The summed E-state index contributed by atoms with van der Waals surface area (Å²) in [7, 11) is 0. The maximum atomic E-state index is 4.44. The molecule has 0 bridgehead atoms. The zero-order valence-electron chi connectivity index (χ0n) is 11.4. The summed E-state index contributed by atoms with van der Waals surface area (Å²) in [4.78, 5) is 4.44. The molecular formula is C16H19BrN2. The van der Waals surface area contributed by atoms with E-state index in [4.69, 9.17) is 0 Å². The number of halogens is 1. The lowest BCUT2D eigenvalue weighted by molar-refractivity contribution is 0.672. The van der Waals surface area contributed by atoms with Crippen molar-refractivity contribution >= 4 is 15.9 Å². The Balaban J connectivity index is 1.96. The van der Waals surface area contributed by atoms with E-state index in [0.29, 0.717) is 0 Å². The van der Waals surface area contributed by atoms with Gasteiger partial charge in [-0.1, -0.05) is 41.1 Å². The van der Waals surface area contributed by atoms with E-state index in [1.54, 1.807) is 0 Å². The Morgan fingerprint density at radius 3 is 2.74 bits per heavy atom. The monoisotopic (exact) mass is 318 g/mol. The number of hydrogen-bond acceptors (Lipinski definition) is 2. The van der Waals surface area contributed by atoms with E-state index in [-0.39, 0.29) is 0 Å². The van der Waals surface area contributed by atoms with E-state index in [1.807, 2.05) is 12.3 Å². The third-order valence-corrected chi connectivity index (χ3v) is 3.92. The van der Waals surface area contributed by atoms with E-state index in [0.717, 1.165) is 29.7 Å². The molecule has 0 saturated carbocycles. The van der Waals surface area contributed by atoms with Crippen LogP contribution in [0.2, 0.25) is 0 Å². The number of pyridine rings is 1. The van der Waals surface area contributed by atoms with E-state index >= 15 is 0 Å². The maximum absolute atomic E-state index is 4.44. The summed E-state index contributed by atoms with van der Waals surface area (Å²) in [6.07, 6.45) is 2.89. The molecule has 1 heterocycles. The molecule has 1 aromatic carbocycles. The summed E-state index contributed by atoms with van der Waals surface area (Å²) in [6.45, 7) is 5.92. The normalized spacial score (nSPS) is 10.7. The summed E-state index contributed by atoms with van der Waals surface area (Å²) in [5.41, 5.74) is 5.01. The van der Waals surface area contributed by atoms with E-state index in [1.165, 1.54) is 16.7 Å². The Kier molecular flexibility index (Phi) is 5.11. The molecule has 19 heavy (non-hydrogen) atoms. The van der Waals surface area contributed by atoms with Crippen LogP contribution in [-0.2, 0) is 19.5 Å². The van der Waals surface area contributed by atoms with Crippen LogP contribution in [0.15, 0.2) is 41.0 Å². The number of nitrogens with zero attached hydrogens (tertiary/aromatic N) is 1. The van der Waals surface area contributed by atoms with E-state index < -0.39 is 0 Å². The van der Waals surface area contributed by atoms with Crippen molar-refractivity contribution in [1.29, 1.82) is 0 Å². The second-order valence-electron chi connectivity index (χ2n) is 4.66. The van der Waals surface area contributed by atoms with Gasteiger partial charge in [0.15, 0.2) is 0 Å². The topological polar surface area (TPSA) is 24.9 Å². The van der Waals surface area contributed by atoms with Crippen LogP contribution in [0, 0.1) is 6.92 Å². The summed E-state index contributed by atoms with van der Waals surface area (Å²) >= 11 is 3.61. The summed E-state index contributed by atoms with van der Waals surface area (Å²) in [5, 5.41) is 3.46. The molecule has 0 radical (unpaired) electrons. The van der Waals surface area contributed by atoms with Gasteiger partial charge in [-0.15, -0.1) is 0 Å². The number of nitrogens with one attached hydrogen (secondary N) is 1. The van der Waals surface area contributed by atoms with Crippen molar-refractivity contribution in [2.45, 2.75) is 33.4 Å². The molecule has 3 heteroatoms. The molecule has 0 saturated heterocycles. The molecule has 1 aromatic heterocycles. The number of aromatic nitrogens is 1. The highest BCUT2D eigenvalue weighted by molar-refractivity contribution is 9.10. The van der Waals surface area contributed by atoms with Crippen molar-refractivity contribution < 1.29 is 0 Å². The Morgan fingerprint density at radius 1 is 1.16 bits per heavy atom. The molecule has 0 aliphatic heterocycles. The van der Waals surface area contributed by atoms with Crippen molar-refractivity contribution in [3.05, 3.63) is 63.4 Å². The molecule has 0 aliphatic rings. The van der Waals surface area contributed by atoms with Gasteiger partial charge in [-0.05, 0) is 42.2 Å². The van der Waals surface area contributed by atoms with Gasteiger partial charge >= 0.3 is 0 Å². The SMILES string of the molecule is CCc1cccnc1CNCc1ccc(C)cc1Br. The van der Waals surface area contributed by atoms with Crippen molar-refractivity contribution in [2.75, 3.05) is 0 Å². The van der Waals surface area contributed by atoms with Crippen LogP contribution in [0.25, 0.3) is 0 Å². The van der Waals surface area contributed by atoms with Gasteiger partial charge in [-0.3, -0.25) is 4.98 Å². The van der Waals surface area contributed by atoms with Crippen LogP contribution in [0.3, 0.4) is 0 Å². The zero-order chi connectivity index (χ0) is 13.7. The quantitative estimate of drug-likeness (QED) is 0.901. The Hall–Kier alpha value is -1.19. The number of aryl methyl sites for hydroxylation is 2. The predicted octanol–water partition coefficient (Wildman–Crippen LogP) is 4.00. The molecule has 0 atom stereocenters. The third kappa shape index (κ3) is 3.88. The molecule has 1 N–H and O–H groups in total. The first-order valence-electron chi connectivity index (χ1n) is 6.59. The average molecular weight is 319 g/mol. The molecule has 2 nitrogen and oxygen atoms in total. The highest BCUT2D eigenvalue weighted by Crippen LogP contribution is 2.18. The van der Waals surface area contributed by atoms with Crippen LogP contribution < -0.4 is 5.32 Å². The molecule has 100 valence electrons. The molecule has 0 amide bonds. The lowest BCUT2D eigenvalue weighted by Crippen LogP contribution is -2.15. The summed E-state index contributed by atoms with van der Waals surface area (Å²) in [6, 6.07) is 10.6. The standard InChI is InChI=1S/C16H19BrN2/c1-3-13-5-4-8-19-16(13)11-18-10-14-7-6-12(2)9-15(14)17/h4-9,18H,3,10-11H2,1-2H3. The van der Waals surface area contributed by atoms with Crippen molar-refractivity contribution in [3.8, 4) is 0 Å². The lowest BCUT2D eigenvalue weighted by Gasteiger charge is -2.09. The van der Waals surface area contributed by atoms with Gasteiger partial charge in [-0.2, -0.15) is 0 Å². The fraction of sp³-hybridized carbons (Fsp3) is 0.312. The second-order valence-corrected chi connectivity index (χ2v) is 5.52. The highest BCUT2D eigenvalue weighted by atomic mass is 79.9. The fourth-order valence-electron chi connectivity index (χ4n) is 2.06. The summed E-state index contributed by atoms with van der Waals surface area (Å²) < 4.78 is 1.16. The van der Waals surface area contributed by atoms with Gasteiger partial charge in [0, 0.05) is 23.8 Å². The van der Waals surface area contributed by atoms with Gasteiger partial charge < -0.3 is 5.32 Å². The smallest absolute Gasteiger partial charge is 0.0573 e. The van der Waals surface area contributed by atoms with Crippen molar-refractivity contribution in [1.82, 2.24) is 10.3 Å². The molecule has 0 aliphatic carbocycles. The molecular weight excluding hydrogens is 300 g/mol. The number of hydrogen-bond donors (Lipinski definition) is 1. The molecule has 2 aromatic rings. The van der Waals surface area contributed by atoms with Crippen molar-refractivity contribution in [2.24, 2.45) is 0 Å². The van der Waals surface area contributed by atoms with Crippen LogP contribution in [0.1, 0.15) is 29.3 Å². The van der Waals surface area contributed by atoms with E-state index in [2.05, 4.69) is 64.3 Å². The first kappa shape index (κ1) is 14.2. The Morgan fingerprint density at radius 2 is 2.00 bits per heavy atom. The summed E-state index contributed by atoms with van der Waals surface area (Å²) in [5.74, 6) is 0. The number of rotatable bonds is 5. The van der Waals surface area contributed by atoms with E-state index in [9.17, 15) is 0 Å². The Labute approximate surface area is 123 Å². The largest absolute Gasteiger partial charge is 0.307 e. The van der Waals surface area contributed by atoms with Gasteiger partial charge in [0.1, 0.15) is 0 Å².